The van der Waals surface area contributed by atoms with E-state index in [1.807, 2.05) is 36.0 Å². The molecule has 0 saturated carbocycles. The molecular weight excluding hydrogens is 150 g/mol. The first-order valence-electron chi connectivity index (χ1n) is 3.77. The smallest absolute Gasteiger partial charge is 0.137 e. The average Bonchev–Trinajstić information content (AvgIpc) is 2.58. The summed E-state index contributed by atoms with van der Waals surface area (Å²) in [6.07, 6.45) is 7.19. The van der Waals surface area contributed by atoms with Gasteiger partial charge in [0.15, 0.2) is 0 Å². The lowest BCUT2D eigenvalue weighted by atomic mass is 10.3. The molecule has 0 spiro atoms. The third-order valence-corrected chi connectivity index (χ3v) is 1.66. The summed E-state index contributed by atoms with van der Waals surface area (Å²) < 4.78 is 1.87. The molecule has 0 aromatic carbocycles. The van der Waals surface area contributed by atoms with Gasteiger partial charge in [-0.2, -0.15) is 0 Å². The molecule has 0 bridgehead atoms. The van der Waals surface area contributed by atoms with Crippen molar-refractivity contribution >= 4 is 0 Å². The lowest BCUT2D eigenvalue weighted by molar-refractivity contribution is 0.988. The Morgan fingerprint density at radius 3 is 2.83 bits per heavy atom. The van der Waals surface area contributed by atoms with Crippen LogP contribution in [0.3, 0.4) is 0 Å². The zero-order chi connectivity index (χ0) is 8.39. The minimum Gasteiger partial charge on any atom is -0.291 e. The van der Waals surface area contributed by atoms with E-state index in [0.717, 1.165) is 5.82 Å². The van der Waals surface area contributed by atoms with Crippen LogP contribution in [-0.4, -0.2) is 14.5 Å². The molecule has 60 valence electrons. The second-order valence-electron chi connectivity index (χ2n) is 2.66. The maximum absolute atomic E-state index is 4.24. The van der Waals surface area contributed by atoms with E-state index in [1.54, 1.807) is 12.5 Å². The van der Waals surface area contributed by atoms with Crippen molar-refractivity contribution in [1.29, 1.82) is 0 Å². The first-order valence-corrected chi connectivity index (χ1v) is 3.77. The van der Waals surface area contributed by atoms with Crippen LogP contribution < -0.4 is 0 Å². The van der Waals surface area contributed by atoms with Crippen LogP contribution in [-0.2, 0) is 0 Å². The highest BCUT2D eigenvalue weighted by molar-refractivity contribution is 5.24. The van der Waals surface area contributed by atoms with Crippen LogP contribution in [0, 0.1) is 6.92 Å². The minimum atomic E-state index is 0.901. The second kappa shape index (κ2) is 2.77. The van der Waals surface area contributed by atoms with Gasteiger partial charge >= 0.3 is 0 Å². The molecule has 0 unspecified atom stereocenters. The van der Waals surface area contributed by atoms with Crippen molar-refractivity contribution < 1.29 is 0 Å². The van der Waals surface area contributed by atoms with Crippen LogP contribution >= 0.6 is 0 Å². The Bertz CT molecular complexity index is 348. The molecule has 2 aromatic heterocycles. The Balaban J connectivity index is 2.43. The van der Waals surface area contributed by atoms with E-state index >= 15 is 0 Å². The van der Waals surface area contributed by atoms with Crippen molar-refractivity contribution in [2.75, 3.05) is 0 Å². The zero-order valence-electron chi connectivity index (χ0n) is 6.81. The van der Waals surface area contributed by atoms with Gasteiger partial charge in [-0.3, -0.25) is 4.57 Å². The van der Waals surface area contributed by atoms with Crippen molar-refractivity contribution in [1.82, 2.24) is 14.5 Å². The molecule has 0 atom stereocenters. The number of nitrogens with zero attached hydrogens (tertiary/aromatic N) is 3. The summed E-state index contributed by atoms with van der Waals surface area (Å²) in [5.74, 6) is 0.901. The Labute approximate surface area is 70.7 Å². The van der Waals surface area contributed by atoms with Crippen LogP contribution in [0.25, 0.3) is 5.82 Å². The van der Waals surface area contributed by atoms with Crippen LogP contribution in [0.5, 0.6) is 0 Å². The molecule has 0 N–H and O–H groups in total. The number of pyridine rings is 1. The van der Waals surface area contributed by atoms with E-state index in [0.29, 0.717) is 0 Å². The maximum atomic E-state index is 4.24. The summed E-state index contributed by atoms with van der Waals surface area (Å²) in [4.78, 5) is 8.19. The highest BCUT2D eigenvalue weighted by atomic mass is 15.1. The Hall–Kier alpha value is -1.64. The molecule has 0 aliphatic rings. The Morgan fingerprint density at radius 2 is 2.25 bits per heavy atom. The highest BCUT2D eigenvalue weighted by Gasteiger charge is 1.93. The van der Waals surface area contributed by atoms with Gasteiger partial charge in [0.2, 0.25) is 0 Å². The highest BCUT2D eigenvalue weighted by Crippen LogP contribution is 2.03. The van der Waals surface area contributed by atoms with Gasteiger partial charge in [0.25, 0.3) is 0 Å². The predicted molar refractivity (Wildman–Crippen MR) is 46.1 cm³/mol. The van der Waals surface area contributed by atoms with E-state index in [-0.39, 0.29) is 0 Å². The summed E-state index contributed by atoms with van der Waals surface area (Å²) in [7, 11) is 0. The fourth-order valence-electron chi connectivity index (χ4n) is 1.01. The summed E-state index contributed by atoms with van der Waals surface area (Å²) in [5, 5.41) is 0. The molecule has 2 aromatic rings. The maximum Gasteiger partial charge on any atom is 0.137 e. The monoisotopic (exact) mass is 159 g/mol. The Kier molecular flexibility index (Phi) is 1.63. The van der Waals surface area contributed by atoms with Gasteiger partial charge in [0, 0.05) is 18.6 Å². The fraction of sp³-hybridized carbons (Fsp3) is 0.111. The number of hydrogen-bond acceptors (Lipinski definition) is 2. The molecule has 12 heavy (non-hydrogen) atoms. The third-order valence-electron chi connectivity index (χ3n) is 1.66. The number of imidazole rings is 1. The first kappa shape index (κ1) is 7.03. The van der Waals surface area contributed by atoms with Crippen LogP contribution in [0.2, 0.25) is 0 Å². The van der Waals surface area contributed by atoms with Gasteiger partial charge in [-0.05, 0) is 18.6 Å². The van der Waals surface area contributed by atoms with Crippen molar-refractivity contribution in [2.24, 2.45) is 0 Å². The number of hydrogen-bond donors (Lipinski definition) is 0. The molecule has 3 heteroatoms. The molecule has 3 nitrogen and oxygen atoms in total. The second-order valence-corrected chi connectivity index (χ2v) is 2.66. The minimum absolute atomic E-state index is 0.901. The van der Waals surface area contributed by atoms with E-state index < -0.39 is 0 Å². The molecule has 0 aliphatic heterocycles. The van der Waals surface area contributed by atoms with Gasteiger partial charge < -0.3 is 0 Å². The Morgan fingerprint density at radius 1 is 1.33 bits per heavy atom. The van der Waals surface area contributed by atoms with E-state index in [4.69, 9.17) is 0 Å². The van der Waals surface area contributed by atoms with E-state index in [9.17, 15) is 0 Å². The van der Waals surface area contributed by atoms with Crippen LogP contribution in [0.1, 0.15) is 5.56 Å². The molecule has 0 radical (unpaired) electrons. The summed E-state index contributed by atoms with van der Waals surface area (Å²) >= 11 is 0. The van der Waals surface area contributed by atoms with E-state index in [2.05, 4.69) is 9.97 Å². The van der Waals surface area contributed by atoms with Crippen molar-refractivity contribution in [3.63, 3.8) is 0 Å². The zero-order valence-corrected chi connectivity index (χ0v) is 6.81. The van der Waals surface area contributed by atoms with Crippen LogP contribution in [0.15, 0.2) is 37.1 Å². The first-order chi connectivity index (χ1) is 5.86. The summed E-state index contributed by atoms with van der Waals surface area (Å²) in [6, 6.07) is 4.00. The summed E-state index contributed by atoms with van der Waals surface area (Å²) in [5.41, 5.74) is 1.17. The number of aryl methyl sites for hydroxylation is 1. The quantitative estimate of drug-likeness (QED) is 0.632. The average molecular weight is 159 g/mol. The molecule has 0 fully saturated rings. The molecule has 0 amide bonds. The SMILES string of the molecule is Cc1ccc(-n2ccnc2)nc1. The predicted octanol–water partition coefficient (Wildman–Crippen LogP) is 1.58. The van der Waals surface area contributed by atoms with Gasteiger partial charge in [0.1, 0.15) is 12.1 Å². The topological polar surface area (TPSA) is 30.7 Å². The summed E-state index contributed by atoms with van der Waals surface area (Å²) in [6.45, 7) is 2.02. The van der Waals surface area contributed by atoms with Gasteiger partial charge in [-0.1, -0.05) is 6.07 Å². The third kappa shape index (κ3) is 1.21. The molecule has 0 aliphatic carbocycles. The standard InChI is InChI=1S/C9H9N3/c1-8-2-3-9(11-6-8)12-5-4-10-7-12/h2-7H,1H3. The van der Waals surface area contributed by atoms with Gasteiger partial charge in [-0.25, -0.2) is 9.97 Å². The van der Waals surface area contributed by atoms with Gasteiger partial charge in [0.05, 0.1) is 0 Å². The molecule has 2 heterocycles. The van der Waals surface area contributed by atoms with Gasteiger partial charge in [-0.15, -0.1) is 0 Å². The lowest BCUT2D eigenvalue weighted by Gasteiger charge is -1.99. The molecule has 2 rings (SSSR count). The lowest BCUT2D eigenvalue weighted by Crippen LogP contribution is -1.93. The molecular formula is C9H9N3. The van der Waals surface area contributed by atoms with Crippen LogP contribution in [0.4, 0.5) is 0 Å². The largest absolute Gasteiger partial charge is 0.291 e. The molecule has 0 saturated heterocycles. The normalized spacial score (nSPS) is 10.1. The van der Waals surface area contributed by atoms with Crippen molar-refractivity contribution in [3.8, 4) is 5.82 Å². The van der Waals surface area contributed by atoms with Crippen molar-refractivity contribution in [3.05, 3.63) is 42.6 Å². The number of aromatic nitrogens is 3. The van der Waals surface area contributed by atoms with E-state index in [1.165, 1.54) is 5.56 Å². The fourth-order valence-corrected chi connectivity index (χ4v) is 1.01. The van der Waals surface area contributed by atoms with Crippen molar-refractivity contribution in [2.45, 2.75) is 6.92 Å². The number of rotatable bonds is 1.